The Kier molecular flexibility index (Phi) is 7.70. The van der Waals surface area contributed by atoms with Gasteiger partial charge in [-0.15, -0.1) is 11.3 Å². The van der Waals surface area contributed by atoms with Gasteiger partial charge in [0.1, 0.15) is 11.5 Å². The fourth-order valence-corrected chi connectivity index (χ4v) is 5.33. The third kappa shape index (κ3) is 5.19. The molecule has 0 aliphatic carbocycles. The summed E-state index contributed by atoms with van der Waals surface area (Å²) in [5.74, 6) is -0.614. The van der Waals surface area contributed by atoms with Crippen LogP contribution >= 0.6 is 11.3 Å². The van der Waals surface area contributed by atoms with Crippen molar-refractivity contribution in [1.29, 1.82) is 0 Å². The van der Waals surface area contributed by atoms with Gasteiger partial charge in [-0.3, -0.25) is 14.5 Å². The van der Waals surface area contributed by atoms with Crippen LogP contribution in [0.2, 0.25) is 0 Å². The normalized spacial score (nSPS) is 20.9. The highest BCUT2D eigenvalue weighted by molar-refractivity contribution is 7.10. The first-order chi connectivity index (χ1) is 16.4. The minimum absolute atomic E-state index is 0.0276. The van der Waals surface area contributed by atoms with E-state index < -0.39 is 17.7 Å². The first kappa shape index (κ1) is 24.4. The number of thiophene rings is 1. The average molecular weight is 485 g/mol. The molecule has 1 N–H and O–H groups in total. The molecule has 0 radical (unpaired) electrons. The van der Waals surface area contributed by atoms with Gasteiger partial charge in [0.05, 0.1) is 30.9 Å². The van der Waals surface area contributed by atoms with E-state index in [1.54, 1.807) is 23.1 Å². The molecule has 1 aromatic carbocycles. The summed E-state index contributed by atoms with van der Waals surface area (Å²) in [5, 5.41) is 13.2. The minimum Gasteiger partial charge on any atom is -0.507 e. The van der Waals surface area contributed by atoms with Crippen molar-refractivity contribution in [1.82, 2.24) is 9.80 Å². The van der Waals surface area contributed by atoms with Crippen molar-refractivity contribution in [2.75, 3.05) is 39.4 Å². The molecule has 2 aromatic rings. The lowest BCUT2D eigenvalue weighted by Gasteiger charge is -2.28. The molecule has 7 nitrogen and oxygen atoms in total. The van der Waals surface area contributed by atoms with Crippen LogP contribution in [0.5, 0.6) is 5.75 Å². The molecule has 2 aliphatic heterocycles. The van der Waals surface area contributed by atoms with Crippen LogP contribution in [0.3, 0.4) is 0 Å². The molecule has 34 heavy (non-hydrogen) atoms. The fourth-order valence-electron chi connectivity index (χ4n) is 4.48. The van der Waals surface area contributed by atoms with E-state index in [0.29, 0.717) is 12.1 Å². The van der Waals surface area contributed by atoms with Gasteiger partial charge in [-0.25, -0.2) is 0 Å². The molecule has 0 bridgehead atoms. The summed E-state index contributed by atoms with van der Waals surface area (Å²) in [5.41, 5.74) is 1.50. The SMILES string of the molecule is Cc1cc(/C(O)=C2/C(=O)C(=O)N(CCCN3CCOCC3)C2c2cccs2)ccc1OC(C)C. The van der Waals surface area contributed by atoms with Crippen LogP contribution in [-0.4, -0.2) is 72.1 Å². The molecule has 3 heterocycles. The van der Waals surface area contributed by atoms with Crippen molar-refractivity contribution in [2.24, 2.45) is 0 Å². The predicted molar refractivity (Wildman–Crippen MR) is 132 cm³/mol. The number of ether oxygens (including phenoxy) is 2. The summed E-state index contributed by atoms with van der Waals surface area (Å²) in [4.78, 5) is 31.0. The fraction of sp³-hybridized carbons (Fsp3) is 0.462. The monoisotopic (exact) mass is 484 g/mol. The van der Waals surface area contributed by atoms with Gasteiger partial charge in [-0.1, -0.05) is 6.07 Å². The molecule has 1 aromatic heterocycles. The Morgan fingerprint density at radius 3 is 2.62 bits per heavy atom. The predicted octanol–water partition coefficient (Wildman–Crippen LogP) is 3.99. The van der Waals surface area contributed by atoms with Crippen LogP contribution in [0.25, 0.3) is 5.76 Å². The van der Waals surface area contributed by atoms with Gasteiger partial charge < -0.3 is 19.5 Å². The zero-order valence-corrected chi connectivity index (χ0v) is 20.8. The Hall–Kier alpha value is -2.68. The van der Waals surface area contributed by atoms with Crippen molar-refractivity contribution in [3.8, 4) is 5.75 Å². The highest BCUT2D eigenvalue weighted by atomic mass is 32.1. The molecule has 1 unspecified atom stereocenters. The molecule has 2 saturated heterocycles. The molecule has 4 rings (SSSR count). The second-order valence-electron chi connectivity index (χ2n) is 8.96. The number of aliphatic hydroxyl groups is 1. The van der Waals surface area contributed by atoms with Crippen molar-refractivity contribution >= 4 is 28.8 Å². The smallest absolute Gasteiger partial charge is 0.295 e. The van der Waals surface area contributed by atoms with E-state index in [4.69, 9.17) is 9.47 Å². The molecular formula is C26H32N2O5S. The number of carbonyl (C=O) groups is 2. The zero-order valence-electron chi connectivity index (χ0n) is 20.0. The summed E-state index contributed by atoms with van der Waals surface area (Å²) in [7, 11) is 0. The van der Waals surface area contributed by atoms with Gasteiger partial charge in [0, 0.05) is 36.6 Å². The maximum Gasteiger partial charge on any atom is 0.295 e. The Morgan fingerprint density at radius 1 is 1.21 bits per heavy atom. The van der Waals surface area contributed by atoms with E-state index >= 15 is 0 Å². The van der Waals surface area contributed by atoms with E-state index in [0.717, 1.165) is 55.5 Å². The molecule has 0 spiro atoms. The number of nitrogens with zero attached hydrogens (tertiary/aromatic N) is 2. The lowest BCUT2D eigenvalue weighted by molar-refractivity contribution is -0.140. The van der Waals surface area contributed by atoms with E-state index in [1.165, 1.54) is 11.3 Å². The minimum atomic E-state index is -0.637. The second-order valence-corrected chi connectivity index (χ2v) is 9.94. The van der Waals surface area contributed by atoms with Crippen LogP contribution in [0.4, 0.5) is 0 Å². The number of likely N-dealkylation sites (tertiary alicyclic amines) is 1. The van der Waals surface area contributed by atoms with E-state index in [9.17, 15) is 14.7 Å². The Labute approximate surface area is 204 Å². The Balaban J connectivity index is 1.62. The largest absolute Gasteiger partial charge is 0.507 e. The molecule has 8 heteroatoms. The maximum atomic E-state index is 13.1. The van der Waals surface area contributed by atoms with Crippen LogP contribution in [0, 0.1) is 6.92 Å². The highest BCUT2D eigenvalue weighted by Crippen LogP contribution is 2.41. The maximum absolute atomic E-state index is 13.1. The third-order valence-electron chi connectivity index (χ3n) is 6.14. The number of amides is 1. The highest BCUT2D eigenvalue weighted by Gasteiger charge is 2.46. The van der Waals surface area contributed by atoms with Crippen molar-refractivity contribution in [3.63, 3.8) is 0 Å². The van der Waals surface area contributed by atoms with Gasteiger partial charge in [-0.2, -0.15) is 0 Å². The Morgan fingerprint density at radius 2 is 1.97 bits per heavy atom. The number of aryl methyl sites for hydroxylation is 1. The number of Topliss-reactive ketones (excluding diaryl/α,β-unsaturated/α-hetero) is 1. The number of hydrogen-bond acceptors (Lipinski definition) is 7. The Bertz CT molecular complexity index is 1060. The van der Waals surface area contributed by atoms with E-state index in [1.807, 2.05) is 38.3 Å². The summed E-state index contributed by atoms with van der Waals surface area (Å²) >= 11 is 1.48. The molecule has 1 atom stereocenters. The van der Waals surface area contributed by atoms with Gasteiger partial charge in [0.15, 0.2) is 0 Å². The van der Waals surface area contributed by atoms with Crippen molar-refractivity contribution in [2.45, 2.75) is 39.3 Å². The van der Waals surface area contributed by atoms with Crippen molar-refractivity contribution in [3.05, 3.63) is 57.3 Å². The molecule has 2 aliphatic rings. The van der Waals surface area contributed by atoms with Gasteiger partial charge in [0.25, 0.3) is 11.7 Å². The molecule has 0 saturated carbocycles. The van der Waals surface area contributed by atoms with Crippen LogP contribution in [0.15, 0.2) is 41.3 Å². The van der Waals surface area contributed by atoms with E-state index in [-0.39, 0.29) is 17.4 Å². The van der Waals surface area contributed by atoms with E-state index in [2.05, 4.69) is 4.90 Å². The van der Waals surface area contributed by atoms with Crippen LogP contribution < -0.4 is 4.74 Å². The molecule has 2 fully saturated rings. The van der Waals surface area contributed by atoms with Crippen molar-refractivity contribution < 1.29 is 24.2 Å². The first-order valence-corrected chi connectivity index (χ1v) is 12.6. The standard InChI is InChI=1S/C26H32N2O5S/c1-17(2)33-20-8-7-19(16-18(20)3)24(29)22-23(21-6-4-15-34-21)28(26(31)25(22)30)10-5-9-27-11-13-32-14-12-27/h4,6-8,15-17,23,29H,5,9-14H2,1-3H3/b24-22-. The molecule has 1 amide bonds. The zero-order chi connectivity index (χ0) is 24.2. The average Bonchev–Trinajstić information content (AvgIpc) is 3.43. The van der Waals surface area contributed by atoms with Crippen LogP contribution in [0.1, 0.15) is 42.3 Å². The second kappa shape index (κ2) is 10.7. The molecule has 182 valence electrons. The first-order valence-electron chi connectivity index (χ1n) is 11.8. The summed E-state index contributed by atoms with van der Waals surface area (Å²) in [6.45, 7) is 10.3. The van der Waals surface area contributed by atoms with Gasteiger partial charge in [0.2, 0.25) is 0 Å². The lowest BCUT2D eigenvalue weighted by Crippen LogP contribution is -2.38. The summed E-state index contributed by atoms with van der Waals surface area (Å²) in [6, 6.07) is 8.55. The lowest BCUT2D eigenvalue weighted by atomic mass is 9.98. The van der Waals surface area contributed by atoms with Crippen LogP contribution in [-0.2, 0) is 14.3 Å². The number of hydrogen-bond donors (Lipinski definition) is 1. The van der Waals surface area contributed by atoms with Gasteiger partial charge >= 0.3 is 0 Å². The summed E-state index contributed by atoms with van der Waals surface area (Å²) in [6.07, 6.45) is 0.773. The number of aliphatic hydroxyl groups excluding tert-OH is 1. The topological polar surface area (TPSA) is 79.3 Å². The number of rotatable bonds is 8. The number of benzene rings is 1. The number of ketones is 1. The summed E-state index contributed by atoms with van der Waals surface area (Å²) < 4.78 is 11.2. The number of morpholine rings is 1. The van der Waals surface area contributed by atoms with Gasteiger partial charge in [-0.05, 0) is 62.4 Å². The molecular weight excluding hydrogens is 452 g/mol. The quantitative estimate of drug-likeness (QED) is 0.347. The number of carbonyl (C=O) groups excluding carboxylic acids is 2. The third-order valence-corrected chi connectivity index (χ3v) is 7.07.